The van der Waals surface area contributed by atoms with Gasteiger partial charge in [0.25, 0.3) is 0 Å². The number of hydrogen-bond donors (Lipinski definition) is 1. The molecule has 19 heavy (non-hydrogen) atoms. The minimum atomic E-state index is 0.410. The summed E-state index contributed by atoms with van der Waals surface area (Å²) in [7, 11) is 3.50. The minimum absolute atomic E-state index is 0.410. The number of anilines is 1. The topological polar surface area (TPSA) is 47.0 Å². The van der Waals surface area contributed by atoms with E-state index in [1.54, 1.807) is 7.11 Å². The molecule has 4 heteroatoms. The second-order valence-electron chi connectivity index (χ2n) is 4.56. The van der Waals surface area contributed by atoms with Gasteiger partial charge in [-0.2, -0.15) is 0 Å². The molecule has 1 N–H and O–H groups in total. The Hall–Kier alpha value is -1.94. The largest absolute Gasteiger partial charge is 0.377 e. The molecule has 4 nitrogen and oxygen atoms in total. The maximum absolute atomic E-state index is 5.11. The Bertz CT molecular complexity index is 582. The number of benzene rings is 1. The van der Waals surface area contributed by atoms with Gasteiger partial charge in [-0.25, -0.2) is 9.97 Å². The smallest absolute Gasteiger partial charge is 0.157 e. The van der Waals surface area contributed by atoms with Crippen LogP contribution in [0.15, 0.2) is 24.3 Å². The molecule has 0 aliphatic rings. The van der Waals surface area contributed by atoms with Crippen LogP contribution < -0.4 is 5.32 Å². The van der Waals surface area contributed by atoms with Gasteiger partial charge in [-0.1, -0.05) is 23.8 Å². The van der Waals surface area contributed by atoms with E-state index in [9.17, 15) is 0 Å². The van der Waals surface area contributed by atoms with E-state index in [1.807, 2.05) is 13.1 Å². The molecule has 2 aromatic rings. The van der Waals surface area contributed by atoms with Gasteiger partial charge in [0, 0.05) is 25.8 Å². The Morgan fingerprint density at radius 2 is 1.95 bits per heavy atom. The predicted octanol–water partition coefficient (Wildman–Crippen LogP) is 2.95. The molecule has 1 heterocycles. The summed E-state index contributed by atoms with van der Waals surface area (Å²) in [4.78, 5) is 8.92. The summed E-state index contributed by atoms with van der Waals surface area (Å²) in [5.74, 6) is 1.49. The number of aryl methyl sites for hydroxylation is 2. The van der Waals surface area contributed by atoms with Crippen LogP contribution in [0, 0.1) is 13.8 Å². The fraction of sp³-hybridized carbons (Fsp3) is 0.333. The lowest BCUT2D eigenvalue weighted by Crippen LogP contribution is -2.03. The van der Waals surface area contributed by atoms with Crippen molar-refractivity contribution in [2.24, 2.45) is 0 Å². The fourth-order valence-corrected chi connectivity index (χ4v) is 2.06. The van der Waals surface area contributed by atoms with E-state index in [2.05, 4.69) is 47.3 Å². The molecule has 0 aliphatic heterocycles. The maximum Gasteiger partial charge on any atom is 0.157 e. The third-order valence-corrected chi connectivity index (χ3v) is 2.96. The van der Waals surface area contributed by atoms with Crippen LogP contribution in [0.2, 0.25) is 0 Å². The molecular formula is C15H19N3O. The van der Waals surface area contributed by atoms with E-state index < -0.39 is 0 Å². The van der Waals surface area contributed by atoms with Crippen molar-refractivity contribution in [2.45, 2.75) is 20.5 Å². The summed E-state index contributed by atoms with van der Waals surface area (Å²) in [5.41, 5.74) is 4.51. The molecule has 1 aromatic heterocycles. The number of aromatic nitrogens is 2. The molecule has 0 unspecified atom stereocenters. The fourth-order valence-electron chi connectivity index (χ4n) is 2.06. The van der Waals surface area contributed by atoms with Crippen LogP contribution in [0.4, 0.5) is 5.82 Å². The molecule has 0 spiro atoms. The summed E-state index contributed by atoms with van der Waals surface area (Å²) in [6, 6.07) is 8.31. The third kappa shape index (κ3) is 3.09. The van der Waals surface area contributed by atoms with Gasteiger partial charge < -0.3 is 10.1 Å². The lowest BCUT2D eigenvalue weighted by Gasteiger charge is -2.10. The van der Waals surface area contributed by atoms with Crippen LogP contribution in [0.5, 0.6) is 0 Å². The number of nitrogens with zero attached hydrogens (tertiary/aromatic N) is 2. The Balaban J connectivity index is 2.51. The van der Waals surface area contributed by atoms with Crippen molar-refractivity contribution in [1.82, 2.24) is 9.97 Å². The van der Waals surface area contributed by atoms with Gasteiger partial charge in [0.2, 0.25) is 0 Å². The van der Waals surface area contributed by atoms with E-state index in [4.69, 9.17) is 4.74 Å². The van der Waals surface area contributed by atoms with Crippen LogP contribution in [0.1, 0.15) is 17.0 Å². The van der Waals surface area contributed by atoms with Crippen LogP contribution in [0.25, 0.3) is 11.3 Å². The van der Waals surface area contributed by atoms with Gasteiger partial charge in [-0.15, -0.1) is 0 Å². The van der Waals surface area contributed by atoms with Crippen molar-refractivity contribution in [1.29, 1.82) is 0 Å². The van der Waals surface area contributed by atoms with Gasteiger partial charge in [-0.05, 0) is 19.4 Å². The van der Waals surface area contributed by atoms with E-state index in [-0.39, 0.29) is 0 Å². The number of hydrogen-bond acceptors (Lipinski definition) is 4. The molecule has 100 valence electrons. The van der Waals surface area contributed by atoms with E-state index in [1.165, 1.54) is 11.1 Å². The second kappa shape index (κ2) is 5.80. The van der Waals surface area contributed by atoms with E-state index >= 15 is 0 Å². The Labute approximate surface area is 113 Å². The first-order valence-electron chi connectivity index (χ1n) is 6.26. The first-order valence-corrected chi connectivity index (χ1v) is 6.26. The first-order chi connectivity index (χ1) is 9.13. The number of nitrogens with one attached hydrogen (secondary N) is 1. The summed E-state index contributed by atoms with van der Waals surface area (Å²) in [5, 5.41) is 3.06. The number of rotatable bonds is 4. The highest BCUT2D eigenvalue weighted by atomic mass is 16.5. The zero-order chi connectivity index (χ0) is 13.8. The van der Waals surface area contributed by atoms with E-state index in [0.717, 1.165) is 17.1 Å². The van der Waals surface area contributed by atoms with Crippen LogP contribution in [0.3, 0.4) is 0 Å². The quantitative estimate of drug-likeness (QED) is 0.914. The molecule has 0 radical (unpaired) electrons. The van der Waals surface area contributed by atoms with Crippen molar-refractivity contribution >= 4 is 5.82 Å². The van der Waals surface area contributed by atoms with Gasteiger partial charge in [0.15, 0.2) is 5.82 Å². The monoisotopic (exact) mass is 257 g/mol. The molecule has 0 aliphatic carbocycles. The Kier molecular flexibility index (Phi) is 4.12. The van der Waals surface area contributed by atoms with Crippen molar-refractivity contribution < 1.29 is 4.74 Å². The molecule has 0 amide bonds. The minimum Gasteiger partial charge on any atom is -0.377 e. The molecule has 1 aromatic carbocycles. The second-order valence-corrected chi connectivity index (χ2v) is 4.56. The summed E-state index contributed by atoms with van der Waals surface area (Å²) in [6.07, 6.45) is 0. The highest BCUT2D eigenvalue weighted by molar-refractivity contribution is 5.66. The number of ether oxygens (including phenoxy) is 1. The zero-order valence-corrected chi connectivity index (χ0v) is 11.8. The van der Waals surface area contributed by atoms with Crippen molar-refractivity contribution in [2.75, 3.05) is 19.5 Å². The Morgan fingerprint density at radius 1 is 1.16 bits per heavy atom. The van der Waals surface area contributed by atoms with Gasteiger partial charge >= 0.3 is 0 Å². The molecular weight excluding hydrogens is 238 g/mol. The van der Waals surface area contributed by atoms with Gasteiger partial charge in [0.05, 0.1) is 5.69 Å². The average Bonchev–Trinajstić information content (AvgIpc) is 2.38. The lowest BCUT2D eigenvalue weighted by atomic mass is 10.0. The molecule has 0 fully saturated rings. The summed E-state index contributed by atoms with van der Waals surface area (Å²) < 4.78 is 5.11. The SMILES string of the molecule is CNc1cc(-c2ccc(C)cc2C)nc(COC)n1. The Morgan fingerprint density at radius 3 is 2.58 bits per heavy atom. The summed E-state index contributed by atoms with van der Waals surface area (Å²) >= 11 is 0. The normalized spacial score (nSPS) is 10.5. The lowest BCUT2D eigenvalue weighted by molar-refractivity contribution is 0.178. The van der Waals surface area contributed by atoms with Crippen molar-refractivity contribution in [3.63, 3.8) is 0 Å². The van der Waals surface area contributed by atoms with Crippen LogP contribution in [-0.4, -0.2) is 24.1 Å². The molecule has 0 atom stereocenters. The third-order valence-electron chi connectivity index (χ3n) is 2.96. The molecule has 2 rings (SSSR count). The standard InChI is InChI=1S/C15H19N3O/c1-10-5-6-12(11(2)7-10)13-8-14(16-3)18-15(17-13)9-19-4/h5-8H,9H2,1-4H3,(H,16,17,18). The highest BCUT2D eigenvalue weighted by Gasteiger charge is 2.08. The number of methoxy groups -OCH3 is 1. The van der Waals surface area contributed by atoms with Crippen LogP contribution >= 0.6 is 0 Å². The first kappa shape index (κ1) is 13.5. The molecule has 0 saturated carbocycles. The average molecular weight is 257 g/mol. The van der Waals surface area contributed by atoms with Gasteiger partial charge in [0.1, 0.15) is 12.4 Å². The van der Waals surface area contributed by atoms with Crippen LogP contribution in [-0.2, 0) is 11.3 Å². The predicted molar refractivity (Wildman–Crippen MR) is 77.2 cm³/mol. The molecule has 0 bridgehead atoms. The van der Waals surface area contributed by atoms with E-state index in [0.29, 0.717) is 12.4 Å². The summed E-state index contributed by atoms with van der Waals surface area (Å²) in [6.45, 7) is 4.60. The zero-order valence-electron chi connectivity index (χ0n) is 11.8. The van der Waals surface area contributed by atoms with Gasteiger partial charge in [-0.3, -0.25) is 0 Å². The van der Waals surface area contributed by atoms with Crippen molar-refractivity contribution in [3.8, 4) is 11.3 Å². The maximum atomic E-state index is 5.11. The highest BCUT2D eigenvalue weighted by Crippen LogP contribution is 2.24. The van der Waals surface area contributed by atoms with Crippen molar-refractivity contribution in [3.05, 3.63) is 41.2 Å². The molecule has 0 saturated heterocycles.